The van der Waals surface area contributed by atoms with Crippen molar-refractivity contribution in [2.45, 2.75) is 26.7 Å². The number of aromatic nitrogens is 3. The number of carbonyl (C=O) groups excluding carboxylic acids is 1. The highest BCUT2D eigenvalue weighted by Crippen LogP contribution is 2.17. The van der Waals surface area contributed by atoms with Crippen LogP contribution in [-0.2, 0) is 11.2 Å². The van der Waals surface area contributed by atoms with Gasteiger partial charge in [0.25, 0.3) is 0 Å². The van der Waals surface area contributed by atoms with Crippen LogP contribution in [0.1, 0.15) is 33.9 Å². The molecule has 1 aromatic carbocycles. The van der Waals surface area contributed by atoms with Gasteiger partial charge in [-0.15, -0.1) is 0 Å². The van der Waals surface area contributed by atoms with Gasteiger partial charge in [-0.2, -0.15) is 5.10 Å². The van der Waals surface area contributed by atoms with Crippen LogP contribution in [0.3, 0.4) is 0 Å². The lowest BCUT2D eigenvalue weighted by molar-refractivity contribution is 0.0499. The standard InChI is InChI=1S/C20H20FN3O2/c1-14-7-5-8-16(23-14)9-6-12-26-20(25)17-13-22-24(15(17)2)19-11-4-3-10-18(19)21/h3-5,7-8,10-11,13H,6,9,12H2,1-2H3. The van der Waals surface area contributed by atoms with Crippen LogP contribution in [0.15, 0.2) is 48.7 Å². The third-order valence-corrected chi connectivity index (χ3v) is 4.07. The van der Waals surface area contributed by atoms with Crippen molar-refractivity contribution in [2.24, 2.45) is 0 Å². The second-order valence-corrected chi connectivity index (χ2v) is 6.02. The molecule has 0 unspecified atom stereocenters. The minimum Gasteiger partial charge on any atom is -0.462 e. The minimum absolute atomic E-state index is 0.290. The molecule has 0 fully saturated rings. The average molecular weight is 353 g/mol. The van der Waals surface area contributed by atoms with Crippen LogP contribution < -0.4 is 0 Å². The molecule has 0 saturated carbocycles. The molecule has 0 saturated heterocycles. The predicted octanol–water partition coefficient (Wildman–Crippen LogP) is 3.81. The van der Waals surface area contributed by atoms with E-state index < -0.39 is 11.8 Å². The molecular formula is C20H20FN3O2. The first-order valence-electron chi connectivity index (χ1n) is 8.45. The Labute approximate surface area is 151 Å². The SMILES string of the molecule is Cc1cccc(CCCOC(=O)c2cnn(-c3ccccc3F)c2C)n1. The first-order chi connectivity index (χ1) is 12.6. The number of para-hydroxylation sites is 1. The summed E-state index contributed by atoms with van der Waals surface area (Å²) < 4.78 is 20.7. The lowest BCUT2D eigenvalue weighted by Gasteiger charge is -2.07. The molecule has 0 radical (unpaired) electrons. The number of hydrogen-bond acceptors (Lipinski definition) is 4. The van der Waals surface area contributed by atoms with E-state index in [0.29, 0.717) is 30.0 Å². The second-order valence-electron chi connectivity index (χ2n) is 6.02. The highest BCUT2D eigenvalue weighted by Gasteiger charge is 2.17. The van der Waals surface area contributed by atoms with Gasteiger partial charge >= 0.3 is 5.97 Å². The van der Waals surface area contributed by atoms with E-state index in [1.54, 1.807) is 25.1 Å². The van der Waals surface area contributed by atoms with Gasteiger partial charge < -0.3 is 4.74 Å². The fourth-order valence-electron chi connectivity index (χ4n) is 2.71. The molecule has 3 aromatic rings. The lowest BCUT2D eigenvalue weighted by atomic mass is 10.2. The van der Waals surface area contributed by atoms with Gasteiger partial charge in [-0.25, -0.2) is 13.9 Å². The van der Waals surface area contributed by atoms with E-state index in [1.807, 2.05) is 25.1 Å². The van der Waals surface area contributed by atoms with Crippen molar-refractivity contribution in [3.05, 3.63) is 77.1 Å². The molecule has 3 rings (SSSR count). The Morgan fingerprint density at radius 1 is 1.15 bits per heavy atom. The van der Waals surface area contributed by atoms with Gasteiger partial charge in [0, 0.05) is 11.4 Å². The molecule has 0 amide bonds. The van der Waals surface area contributed by atoms with Crippen molar-refractivity contribution in [3.8, 4) is 5.69 Å². The summed E-state index contributed by atoms with van der Waals surface area (Å²) in [7, 11) is 0. The minimum atomic E-state index is -0.456. The van der Waals surface area contributed by atoms with E-state index in [4.69, 9.17) is 4.74 Å². The van der Waals surface area contributed by atoms with Crippen LogP contribution in [0.2, 0.25) is 0 Å². The van der Waals surface area contributed by atoms with E-state index in [-0.39, 0.29) is 0 Å². The Morgan fingerprint density at radius 3 is 2.73 bits per heavy atom. The van der Waals surface area contributed by atoms with Crippen molar-refractivity contribution in [2.75, 3.05) is 6.61 Å². The molecule has 0 N–H and O–H groups in total. The number of esters is 1. The molecule has 0 bridgehead atoms. The van der Waals surface area contributed by atoms with E-state index in [9.17, 15) is 9.18 Å². The Bertz CT molecular complexity index is 921. The summed E-state index contributed by atoms with van der Waals surface area (Å²) in [5.41, 5.74) is 3.12. The van der Waals surface area contributed by atoms with Gasteiger partial charge in [0.2, 0.25) is 0 Å². The maximum atomic E-state index is 13.9. The zero-order valence-electron chi connectivity index (χ0n) is 14.8. The highest BCUT2D eigenvalue weighted by molar-refractivity contribution is 5.90. The van der Waals surface area contributed by atoms with Gasteiger partial charge in [0.1, 0.15) is 17.1 Å². The number of halogens is 1. The first kappa shape index (κ1) is 17.8. The van der Waals surface area contributed by atoms with Gasteiger partial charge in [-0.3, -0.25) is 4.98 Å². The predicted molar refractivity (Wildman–Crippen MR) is 95.8 cm³/mol. The third kappa shape index (κ3) is 3.96. The van der Waals surface area contributed by atoms with Crippen LogP contribution in [-0.4, -0.2) is 27.3 Å². The number of rotatable bonds is 6. The molecule has 26 heavy (non-hydrogen) atoms. The summed E-state index contributed by atoms with van der Waals surface area (Å²) in [6, 6.07) is 12.2. The average Bonchev–Trinajstić information content (AvgIpc) is 3.00. The van der Waals surface area contributed by atoms with E-state index in [2.05, 4.69) is 10.1 Å². The molecule has 2 aromatic heterocycles. The van der Waals surface area contributed by atoms with Crippen molar-refractivity contribution >= 4 is 5.97 Å². The number of hydrogen-bond donors (Lipinski definition) is 0. The zero-order chi connectivity index (χ0) is 18.5. The Hall–Kier alpha value is -3.02. The highest BCUT2D eigenvalue weighted by atomic mass is 19.1. The number of nitrogens with zero attached hydrogens (tertiary/aromatic N) is 3. The Morgan fingerprint density at radius 2 is 1.96 bits per heavy atom. The number of carbonyl (C=O) groups is 1. The molecule has 6 heteroatoms. The molecule has 0 aliphatic heterocycles. The number of aryl methyl sites for hydroxylation is 2. The Balaban J connectivity index is 1.60. The van der Waals surface area contributed by atoms with E-state index in [0.717, 1.165) is 17.8 Å². The smallest absolute Gasteiger partial charge is 0.341 e. The summed E-state index contributed by atoms with van der Waals surface area (Å²) in [6.45, 7) is 3.95. The second kappa shape index (κ2) is 7.91. The van der Waals surface area contributed by atoms with Gasteiger partial charge in [0.05, 0.1) is 18.5 Å². The van der Waals surface area contributed by atoms with Crippen LogP contribution in [0.25, 0.3) is 5.69 Å². The van der Waals surface area contributed by atoms with E-state index in [1.165, 1.54) is 16.9 Å². The molecule has 2 heterocycles. The van der Waals surface area contributed by atoms with Crippen molar-refractivity contribution in [1.82, 2.24) is 14.8 Å². The molecule has 0 spiro atoms. The maximum Gasteiger partial charge on any atom is 0.341 e. The fourth-order valence-corrected chi connectivity index (χ4v) is 2.71. The summed E-state index contributed by atoms with van der Waals surface area (Å²) in [5, 5.41) is 4.12. The summed E-state index contributed by atoms with van der Waals surface area (Å²) in [5.74, 6) is -0.855. The van der Waals surface area contributed by atoms with Gasteiger partial charge in [0.15, 0.2) is 0 Å². The van der Waals surface area contributed by atoms with Crippen molar-refractivity contribution in [1.29, 1.82) is 0 Å². The van der Waals surface area contributed by atoms with Crippen molar-refractivity contribution in [3.63, 3.8) is 0 Å². The summed E-state index contributed by atoms with van der Waals surface area (Å²) in [4.78, 5) is 16.7. The lowest BCUT2D eigenvalue weighted by Crippen LogP contribution is -2.09. The maximum absolute atomic E-state index is 13.9. The molecular weight excluding hydrogens is 333 g/mol. The number of ether oxygens (including phenoxy) is 1. The van der Waals surface area contributed by atoms with Crippen LogP contribution in [0, 0.1) is 19.7 Å². The largest absolute Gasteiger partial charge is 0.462 e. The van der Waals surface area contributed by atoms with Gasteiger partial charge in [-0.05, 0) is 51.0 Å². The van der Waals surface area contributed by atoms with E-state index >= 15 is 0 Å². The van der Waals surface area contributed by atoms with Crippen molar-refractivity contribution < 1.29 is 13.9 Å². The molecule has 0 atom stereocenters. The molecule has 0 aliphatic rings. The topological polar surface area (TPSA) is 57.0 Å². The normalized spacial score (nSPS) is 10.7. The van der Waals surface area contributed by atoms with Crippen LogP contribution in [0.5, 0.6) is 0 Å². The van der Waals surface area contributed by atoms with Crippen LogP contribution >= 0.6 is 0 Å². The number of benzene rings is 1. The summed E-state index contributed by atoms with van der Waals surface area (Å²) >= 11 is 0. The molecule has 134 valence electrons. The number of pyridine rings is 1. The summed E-state index contributed by atoms with van der Waals surface area (Å²) in [6.07, 6.45) is 2.83. The fraction of sp³-hybridized carbons (Fsp3) is 0.250. The zero-order valence-corrected chi connectivity index (χ0v) is 14.8. The van der Waals surface area contributed by atoms with Gasteiger partial charge in [-0.1, -0.05) is 18.2 Å². The Kier molecular flexibility index (Phi) is 5.41. The molecule has 0 aliphatic carbocycles. The first-order valence-corrected chi connectivity index (χ1v) is 8.45. The quantitative estimate of drug-likeness (QED) is 0.499. The molecule has 5 nitrogen and oxygen atoms in total. The third-order valence-electron chi connectivity index (χ3n) is 4.07. The monoisotopic (exact) mass is 353 g/mol. The van der Waals surface area contributed by atoms with Crippen LogP contribution in [0.4, 0.5) is 4.39 Å².